The third-order valence-electron chi connectivity index (χ3n) is 2.31. The Labute approximate surface area is 74.5 Å². The molecule has 0 bridgehead atoms. The molecule has 0 amide bonds. The normalized spacial score (nSPS) is 24.2. The molecule has 72 valence electrons. The molecule has 0 aromatic rings. The van der Waals surface area contributed by atoms with Gasteiger partial charge in [-0.2, -0.15) is 0 Å². The first-order chi connectivity index (χ1) is 5.93. The van der Waals surface area contributed by atoms with Gasteiger partial charge in [0.25, 0.3) is 0 Å². The van der Waals surface area contributed by atoms with Gasteiger partial charge in [-0.05, 0) is 32.4 Å². The van der Waals surface area contributed by atoms with Crippen LogP contribution in [-0.2, 0) is 0 Å². The molecule has 1 rings (SSSR count). The van der Waals surface area contributed by atoms with Crippen LogP contribution < -0.4 is 10.6 Å². The second-order valence-electron chi connectivity index (χ2n) is 3.43. The molecular formula is C9H20N2O. The van der Waals surface area contributed by atoms with E-state index in [1.807, 2.05) is 0 Å². The lowest BCUT2D eigenvalue weighted by Crippen LogP contribution is -2.42. The highest BCUT2D eigenvalue weighted by atomic mass is 16.3. The van der Waals surface area contributed by atoms with E-state index in [1.54, 1.807) is 0 Å². The number of aliphatic hydroxyl groups excluding tert-OH is 1. The van der Waals surface area contributed by atoms with Gasteiger partial charge in [0.2, 0.25) is 0 Å². The number of hydrogen-bond donors (Lipinski definition) is 3. The number of aliphatic hydroxyl groups is 1. The third kappa shape index (κ3) is 4.04. The van der Waals surface area contributed by atoms with Crippen LogP contribution in [0.1, 0.15) is 25.7 Å². The van der Waals surface area contributed by atoms with Crippen LogP contribution in [0.15, 0.2) is 0 Å². The summed E-state index contributed by atoms with van der Waals surface area (Å²) >= 11 is 0. The highest BCUT2D eigenvalue weighted by Gasteiger charge is 2.10. The molecule has 3 heteroatoms. The molecule has 0 aromatic carbocycles. The number of piperidine rings is 1. The molecule has 0 saturated carbocycles. The predicted octanol–water partition coefficient (Wildman–Crippen LogP) is 0.100. The molecule has 3 N–H and O–H groups in total. The van der Waals surface area contributed by atoms with Crippen molar-refractivity contribution < 1.29 is 5.11 Å². The fraction of sp³-hybridized carbons (Fsp3) is 1.00. The molecule has 1 heterocycles. The summed E-state index contributed by atoms with van der Waals surface area (Å²) in [6.45, 7) is 3.46. The van der Waals surface area contributed by atoms with Crippen LogP contribution in [0.25, 0.3) is 0 Å². The first kappa shape index (κ1) is 9.96. The van der Waals surface area contributed by atoms with Crippen molar-refractivity contribution in [3.8, 4) is 0 Å². The van der Waals surface area contributed by atoms with Gasteiger partial charge >= 0.3 is 0 Å². The Balaban J connectivity index is 1.91. The van der Waals surface area contributed by atoms with Gasteiger partial charge in [-0.1, -0.05) is 6.42 Å². The molecule has 0 spiro atoms. The molecule has 1 fully saturated rings. The van der Waals surface area contributed by atoms with Crippen molar-refractivity contribution in [3.05, 3.63) is 0 Å². The van der Waals surface area contributed by atoms with Gasteiger partial charge < -0.3 is 15.7 Å². The Morgan fingerprint density at radius 2 is 2.33 bits per heavy atom. The lowest BCUT2D eigenvalue weighted by molar-refractivity contribution is 0.283. The summed E-state index contributed by atoms with van der Waals surface area (Å²) in [5, 5.41) is 15.4. The van der Waals surface area contributed by atoms with Crippen LogP contribution >= 0.6 is 0 Å². The van der Waals surface area contributed by atoms with Crippen molar-refractivity contribution in [1.29, 1.82) is 0 Å². The first-order valence-electron chi connectivity index (χ1n) is 4.98. The number of hydrogen-bond acceptors (Lipinski definition) is 3. The molecular weight excluding hydrogens is 152 g/mol. The summed E-state index contributed by atoms with van der Waals surface area (Å²) < 4.78 is 0. The average Bonchev–Trinajstić information content (AvgIpc) is 2.14. The van der Waals surface area contributed by atoms with Crippen LogP contribution in [0.2, 0.25) is 0 Å². The quantitative estimate of drug-likeness (QED) is 0.515. The maximum absolute atomic E-state index is 8.55. The van der Waals surface area contributed by atoms with Crippen molar-refractivity contribution in [2.45, 2.75) is 31.7 Å². The molecule has 12 heavy (non-hydrogen) atoms. The fourth-order valence-corrected chi connectivity index (χ4v) is 1.58. The zero-order valence-electron chi connectivity index (χ0n) is 7.68. The van der Waals surface area contributed by atoms with Crippen molar-refractivity contribution in [2.24, 2.45) is 0 Å². The smallest absolute Gasteiger partial charge is 0.0443 e. The maximum Gasteiger partial charge on any atom is 0.0443 e. The second kappa shape index (κ2) is 6.40. The second-order valence-corrected chi connectivity index (χ2v) is 3.43. The largest absolute Gasteiger partial charge is 0.396 e. The van der Waals surface area contributed by atoms with Gasteiger partial charge in [0.1, 0.15) is 0 Å². The van der Waals surface area contributed by atoms with Crippen molar-refractivity contribution in [3.63, 3.8) is 0 Å². The van der Waals surface area contributed by atoms with E-state index < -0.39 is 0 Å². The van der Waals surface area contributed by atoms with E-state index in [1.165, 1.54) is 25.8 Å². The Morgan fingerprint density at radius 1 is 1.42 bits per heavy atom. The van der Waals surface area contributed by atoms with Gasteiger partial charge in [-0.25, -0.2) is 0 Å². The van der Waals surface area contributed by atoms with Crippen LogP contribution in [-0.4, -0.2) is 37.4 Å². The van der Waals surface area contributed by atoms with Gasteiger partial charge in [-0.15, -0.1) is 0 Å². The van der Waals surface area contributed by atoms with E-state index in [9.17, 15) is 0 Å². The zero-order chi connectivity index (χ0) is 8.65. The van der Waals surface area contributed by atoms with Gasteiger partial charge in [-0.3, -0.25) is 0 Å². The van der Waals surface area contributed by atoms with Crippen molar-refractivity contribution in [1.82, 2.24) is 10.6 Å². The lowest BCUT2D eigenvalue weighted by atomic mass is 10.1. The summed E-state index contributed by atoms with van der Waals surface area (Å²) in [5.74, 6) is 0. The molecule has 1 atom stereocenters. The van der Waals surface area contributed by atoms with Crippen LogP contribution in [0.3, 0.4) is 0 Å². The van der Waals surface area contributed by atoms with E-state index in [-0.39, 0.29) is 0 Å². The molecule has 1 aliphatic rings. The van der Waals surface area contributed by atoms with Crippen molar-refractivity contribution in [2.75, 3.05) is 26.2 Å². The van der Waals surface area contributed by atoms with E-state index in [2.05, 4.69) is 10.6 Å². The average molecular weight is 172 g/mol. The maximum atomic E-state index is 8.55. The molecule has 1 saturated heterocycles. The summed E-state index contributed by atoms with van der Waals surface area (Å²) in [6, 6.07) is 0.664. The Hall–Kier alpha value is -0.120. The molecule has 0 aliphatic carbocycles. The van der Waals surface area contributed by atoms with Crippen molar-refractivity contribution >= 4 is 0 Å². The van der Waals surface area contributed by atoms with Gasteiger partial charge in [0, 0.05) is 19.2 Å². The minimum atomic E-state index is 0.297. The van der Waals surface area contributed by atoms with E-state index in [0.29, 0.717) is 12.6 Å². The first-order valence-corrected chi connectivity index (χ1v) is 4.98. The fourth-order valence-electron chi connectivity index (χ4n) is 1.58. The SMILES string of the molecule is OCCCNCC1CCCCN1. The van der Waals surface area contributed by atoms with Gasteiger partial charge in [0.15, 0.2) is 0 Å². The van der Waals surface area contributed by atoms with E-state index >= 15 is 0 Å². The van der Waals surface area contributed by atoms with Crippen LogP contribution in [0.4, 0.5) is 0 Å². The third-order valence-corrected chi connectivity index (χ3v) is 2.31. The molecule has 1 unspecified atom stereocenters. The highest BCUT2D eigenvalue weighted by Crippen LogP contribution is 2.05. The van der Waals surface area contributed by atoms with E-state index in [4.69, 9.17) is 5.11 Å². The monoisotopic (exact) mass is 172 g/mol. The van der Waals surface area contributed by atoms with E-state index in [0.717, 1.165) is 19.5 Å². The highest BCUT2D eigenvalue weighted by molar-refractivity contribution is 4.73. The van der Waals surface area contributed by atoms with Crippen LogP contribution in [0, 0.1) is 0 Å². The Kier molecular flexibility index (Phi) is 5.32. The molecule has 3 nitrogen and oxygen atoms in total. The number of nitrogens with one attached hydrogen (secondary N) is 2. The summed E-state index contributed by atoms with van der Waals surface area (Å²) in [6.07, 6.45) is 4.85. The molecule has 1 aliphatic heterocycles. The summed E-state index contributed by atoms with van der Waals surface area (Å²) in [4.78, 5) is 0. The van der Waals surface area contributed by atoms with Gasteiger partial charge in [0.05, 0.1) is 0 Å². The van der Waals surface area contributed by atoms with Crippen LogP contribution in [0.5, 0.6) is 0 Å². The minimum Gasteiger partial charge on any atom is -0.396 e. The topological polar surface area (TPSA) is 44.3 Å². The standard InChI is InChI=1S/C9H20N2O/c12-7-3-5-10-8-9-4-1-2-6-11-9/h9-12H,1-8H2. The Morgan fingerprint density at radius 3 is 3.00 bits per heavy atom. The minimum absolute atomic E-state index is 0.297. The summed E-state index contributed by atoms with van der Waals surface area (Å²) in [7, 11) is 0. The lowest BCUT2D eigenvalue weighted by Gasteiger charge is -2.23. The Bertz CT molecular complexity index is 103. The predicted molar refractivity (Wildman–Crippen MR) is 50.2 cm³/mol. The molecule has 0 aromatic heterocycles. The zero-order valence-corrected chi connectivity index (χ0v) is 7.68. The number of rotatable bonds is 5. The summed E-state index contributed by atoms with van der Waals surface area (Å²) in [5.41, 5.74) is 0. The molecule has 0 radical (unpaired) electrons.